The highest BCUT2D eigenvalue weighted by Gasteiger charge is 2.06. The number of fused-ring (bicyclic) bond motifs is 1. The lowest BCUT2D eigenvalue weighted by Crippen LogP contribution is -2.00. The smallest absolute Gasteiger partial charge is 0.112 e. The first-order valence-electron chi connectivity index (χ1n) is 5.76. The van der Waals surface area contributed by atoms with Crippen LogP contribution in [0.25, 0.3) is 16.6 Å². The van der Waals surface area contributed by atoms with Crippen LogP contribution in [0.15, 0.2) is 48.9 Å². The highest BCUT2D eigenvalue weighted by atomic mass is 15.1. The Bertz CT molecular complexity index is 650. The molecule has 0 aliphatic carbocycles. The third-order valence-corrected chi connectivity index (χ3v) is 2.92. The van der Waals surface area contributed by atoms with Gasteiger partial charge in [0.2, 0.25) is 0 Å². The van der Waals surface area contributed by atoms with Gasteiger partial charge >= 0.3 is 0 Å². The van der Waals surface area contributed by atoms with E-state index in [1.807, 2.05) is 42.9 Å². The number of para-hydroxylation sites is 1. The second kappa shape index (κ2) is 4.01. The molecule has 1 aromatic carbocycles. The molecule has 0 amide bonds. The van der Waals surface area contributed by atoms with Crippen molar-refractivity contribution in [3.63, 3.8) is 0 Å². The van der Waals surface area contributed by atoms with Crippen molar-refractivity contribution in [1.29, 1.82) is 0 Å². The number of benzene rings is 1. The molecular formula is C14H13N3. The van der Waals surface area contributed by atoms with Crippen LogP contribution in [0.2, 0.25) is 0 Å². The third kappa shape index (κ3) is 1.60. The van der Waals surface area contributed by atoms with Crippen molar-refractivity contribution in [3.8, 4) is 5.69 Å². The van der Waals surface area contributed by atoms with Crippen LogP contribution in [0, 0.1) is 0 Å². The average molecular weight is 223 g/mol. The number of imidazole rings is 1. The SMILES string of the molecule is CCc1nccn1-c1ccnc2ccccc12. The summed E-state index contributed by atoms with van der Waals surface area (Å²) < 4.78 is 2.13. The van der Waals surface area contributed by atoms with Gasteiger partial charge in [0.15, 0.2) is 0 Å². The standard InChI is InChI=1S/C14H13N3/c1-2-14-16-9-10-17(14)13-7-8-15-12-6-4-3-5-11(12)13/h3-10H,2H2,1H3. The molecule has 0 atom stereocenters. The second-order valence-corrected chi connectivity index (χ2v) is 3.91. The molecule has 3 rings (SSSR count). The van der Waals surface area contributed by atoms with Crippen molar-refractivity contribution in [2.45, 2.75) is 13.3 Å². The Morgan fingerprint density at radius 2 is 1.94 bits per heavy atom. The molecule has 0 aliphatic heterocycles. The molecule has 0 aliphatic rings. The van der Waals surface area contributed by atoms with Crippen LogP contribution in [0.4, 0.5) is 0 Å². The van der Waals surface area contributed by atoms with E-state index in [0.29, 0.717) is 0 Å². The van der Waals surface area contributed by atoms with E-state index in [-0.39, 0.29) is 0 Å². The maximum atomic E-state index is 4.37. The van der Waals surface area contributed by atoms with Crippen LogP contribution in [0.1, 0.15) is 12.7 Å². The Morgan fingerprint density at radius 3 is 2.82 bits per heavy atom. The largest absolute Gasteiger partial charge is 0.303 e. The Labute approximate surface area is 99.8 Å². The topological polar surface area (TPSA) is 30.7 Å². The molecule has 17 heavy (non-hydrogen) atoms. The van der Waals surface area contributed by atoms with Gasteiger partial charge < -0.3 is 4.57 Å². The van der Waals surface area contributed by atoms with Gasteiger partial charge in [-0.05, 0) is 12.1 Å². The lowest BCUT2D eigenvalue weighted by atomic mass is 10.2. The maximum absolute atomic E-state index is 4.37. The van der Waals surface area contributed by atoms with E-state index in [2.05, 4.69) is 27.5 Å². The highest BCUT2D eigenvalue weighted by Crippen LogP contribution is 2.21. The molecule has 0 saturated heterocycles. The lowest BCUT2D eigenvalue weighted by molar-refractivity contribution is 0.895. The van der Waals surface area contributed by atoms with Crippen molar-refractivity contribution >= 4 is 10.9 Å². The zero-order chi connectivity index (χ0) is 11.7. The normalized spacial score (nSPS) is 10.9. The Kier molecular flexibility index (Phi) is 2.37. The lowest BCUT2D eigenvalue weighted by Gasteiger charge is -2.09. The minimum absolute atomic E-state index is 0.920. The third-order valence-electron chi connectivity index (χ3n) is 2.92. The Hall–Kier alpha value is -2.16. The summed E-state index contributed by atoms with van der Waals surface area (Å²) in [6.45, 7) is 2.11. The summed E-state index contributed by atoms with van der Waals surface area (Å²) in [4.78, 5) is 8.73. The molecule has 0 radical (unpaired) electrons. The van der Waals surface area contributed by atoms with Gasteiger partial charge in [0.05, 0.1) is 11.2 Å². The zero-order valence-electron chi connectivity index (χ0n) is 9.67. The van der Waals surface area contributed by atoms with Crippen LogP contribution in [0.5, 0.6) is 0 Å². The van der Waals surface area contributed by atoms with Crippen LogP contribution < -0.4 is 0 Å². The quantitative estimate of drug-likeness (QED) is 0.668. The molecule has 0 N–H and O–H groups in total. The Balaban J connectivity index is 2.31. The molecule has 2 aromatic heterocycles. The molecule has 3 nitrogen and oxygen atoms in total. The minimum Gasteiger partial charge on any atom is -0.303 e. The number of hydrogen-bond donors (Lipinski definition) is 0. The van der Waals surface area contributed by atoms with Crippen molar-refractivity contribution in [2.24, 2.45) is 0 Å². The highest BCUT2D eigenvalue weighted by molar-refractivity contribution is 5.86. The summed E-state index contributed by atoms with van der Waals surface area (Å²) in [6.07, 6.45) is 6.61. The second-order valence-electron chi connectivity index (χ2n) is 3.91. The summed E-state index contributed by atoms with van der Waals surface area (Å²) in [5.74, 6) is 1.07. The Morgan fingerprint density at radius 1 is 1.06 bits per heavy atom. The van der Waals surface area contributed by atoms with Crippen LogP contribution in [-0.4, -0.2) is 14.5 Å². The molecule has 0 unspecified atom stereocenters. The number of rotatable bonds is 2. The predicted octanol–water partition coefficient (Wildman–Crippen LogP) is 2.98. The van der Waals surface area contributed by atoms with Gasteiger partial charge in [-0.25, -0.2) is 4.98 Å². The molecule has 0 bridgehead atoms. The maximum Gasteiger partial charge on any atom is 0.112 e. The van der Waals surface area contributed by atoms with Gasteiger partial charge in [-0.1, -0.05) is 25.1 Å². The predicted molar refractivity (Wildman–Crippen MR) is 68.2 cm³/mol. The molecule has 0 saturated carbocycles. The van der Waals surface area contributed by atoms with E-state index in [1.165, 1.54) is 0 Å². The van der Waals surface area contributed by atoms with Gasteiger partial charge in [0.25, 0.3) is 0 Å². The van der Waals surface area contributed by atoms with Gasteiger partial charge in [-0.3, -0.25) is 4.98 Å². The van der Waals surface area contributed by atoms with Crippen LogP contribution in [0.3, 0.4) is 0 Å². The van der Waals surface area contributed by atoms with Crippen molar-refractivity contribution in [1.82, 2.24) is 14.5 Å². The van der Waals surface area contributed by atoms with Gasteiger partial charge in [-0.2, -0.15) is 0 Å². The molecule has 0 fully saturated rings. The summed E-state index contributed by atoms with van der Waals surface area (Å²) in [5.41, 5.74) is 2.16. The first-order valence-corrected chi connectivity index (χ1v) is 5.76. The zero-order valence-corrected chi connectivity index (χ0v) is 9.67. The van der Waals surface area contributed by atoms with Crippen LogP contribution >= 0.6 is 0 Å². The van der Waals surface area contributed by atoms with Gasteiger partial charge in [0.1, 0.15) is 5.82 Å². The molecule has 2 heterocycles. The monoisotopic (exact) mass is 223 g/mol. The van der Waals surface area contributed by atoms with E-state index in [0.717, 1.165) is 28.8 Å². The molecule has 3 aromatic rings. The van der Waals surface area contributed by atoms with E-state index in [9.17, 15) is 0 Å². The van der Waals surface area contributed by atoms with E-state index < -0.39 is 0 Å². The fraction of sp³-hybridized carbons (Fsp3) is 0.143. The summed E-state index contributed by atoms with van der Waals surface area (Å²) >= 11 is 0. The van der Waals surface area contributed by atoms with E-state index in [1.54, 1.807) is 0 Å². The van der Waals surface area contributed by atoms with Crippen molar-refractivity contribution < 1.29 is 0 Å². The molecular weight excluding hydrogens is 210 g/mol. The van der Waals surface area contributed by atoms with Crippen LogP contribution in [-0.2, 0) is 6.42 Å². The van der Waals surface area contributed by atoms with E-state index in [4.69, 9.17) is 0 Å². The van der Waals surface area contributed by atoms with Gasteiger partial charge in [0, 0.05) is 30.4 Å². The first-order chi connectivity index (χ1) is 8.40. The molecule has 0 spiro atoms. The number of aromatic nitrogens is 3. The van der Waals surface area contributed by atoms with Gasteiger partial charge in [-0.15, -0.1) is 0 Å². The number of aryl methyl sites for hydroxylation is 1. The summed E-state index contributed by atoms with van der Waals surface area (Å²) in [6, 6.07) is 10.2. The van der Waals surface area contributed by atoms with Crippen molar-refractivity contribution in [3.05, 3.63) is 54.7 Å². The first kappa shape index (κ1) is 10.0. The molecule has 3 heteroatoms. The number of hydrogen-bond acceptors (Lipinski definition) is 2. The van der Waals surface area contributed by atoms with E-state index >= 15 is 0 Å². The summed E-state index contributed by atoms with van der Waals surface area (Å²) in [7, 11) is 0. The average Bonchev–Trinajstić information content (AvgIpc) is 2.86. The minimum atomic E-state index is 0.920. The number of nitrogens with zero attached hydrogens (tertiary/aromatic N) is 3. The molecule has 84 valence electrons. The number of pyridine rings is 1. The summed E-state index contributed by atoms with van der Waals surface area (Å²) in [5, 5.41) is 1.16. The fourth-order valence-corrected chi connectivity index (χ4v) is 2.11. The van der Waals surface area contributed by atoms with Crippen molar-refractivity contribution in [2.75, 3.05) is 0 Å². The fourth-order valence-electron chi connectivity index (χ4n) is 2.11.